The first-order chi connectivity index (χ1) is 11.7. The zero-order chi connectivity index (χ0) is 17.0. The quantitative estimate of drug-likeness (QED) is 0.641. The smallest absolute Gasteiger partial charge is 0.309 e. The van der Waals surface area contributed by atoms with Crippen LogP contribution in [0.15, 0.2) is 73.1 Å². The molecule has 0 unspecified atom stereocenters. The highest BCUT2D eigenvalue weighted by molar-refractivity contribution is 7.62. The van der Waals surface area contributed by atoms with Crippen molar-refractivity contribution in [1.82, 2.24) is 4.98 Å². The summed E-state index contributed by atoms with van der Waals surface area (Å²) in [5, 5.41) is 0.528. The van der Waals surface area contributed by atoms with Gasteiger partial charge in [0.15, 0.2) is 0 Å². The minimum absolute atomic E-state index is 0.528. The molecule has 0 saturated heterocycles. The summed E-state index contributed by atoms with van der Waals surface area (Å²) in [6, 6.07) is 19.4. The highest BCUT2D eigenvalue weighted by Gasteiger charge is 2.32. The SMILES string of the molecule is COP(=O)(OC)c1c(-c2ccccc2)cncc1-c1ccccc1. The molecule has 0 aliphatic heterocycles. The Kier molecular flexibility index (Phi) is 4.91. The molecular weight excluding hydrogens is 321 g/mol. The summed E-state index contributed by atoms with van der Waals surface area (Å²) in [4.78, 5) is 4.35. The van der Waals surface area contributed by atoms with E-state index in [4.69, 9.17) is 9.05 Å². The highest BCUT2D eigenvalue weighted by Crippen LogP contribution is 2.50. The van der Waals surface area contributed by atoms with Crippen LogP contribution in [0, 0.1) is 0 Å². The predicted molar refractivity (Wildman–Crippen MR) is 96.4 cm³/mol. The Labute approximate surface area is 141 Å². The van der Waals surface area contributed by atoms with Crippen molar-refractivity contribution < 1.29 is 13.6 Å². The van der Waals surface area contributed by atoms with Crippen molar-refractivity contribution in [2.24, 2.45) is 0 Å². The maximum Gasteiger partial charge on any atom is 0.362 e. The van der Waals surface area contributed by atoms with Gasteiger partial charge in [-0.05, 0) is 11.1 Å². The first-order valence-electron chi connectivity index (χ1n) is 7.50. The number of hydrogen-bond donors (Lipinski definition) is 0. The zero-order valence-electron chi connectivity index (χ0n) is 13.5. The molecule has 2 aromatic carbocycles. The van der Waals surface area contributed by atoms with Gasteiger partial charge in [0.1, 0.15) is 0 Å². The first-order valence-corrected chi connectivity index (χ1v) is 9.05. The van der Waals surface area contributed by atoms with Crippen molar-refractivity contribution in [3.63, 3.8) is 0 Å². The van der Waals surface area contributed by atoms with Crippen LogP contribution in [0.2, 0.25) is 0 Å². The lowest BCUT2D eigenvalue weighted by molar-refractivity contribution is 0.287. The van der Waals surface area contributed by atoms with Gasteiger partial charge in [-0.15, -0.1) is 0 Å². The Morgan fingerprint density at radius 1 is 0.750 bits per heavy atom. The Hall–Kier alpha value is -2.26. The maximum absolute atomic E-state index is 13.3. The minimum Gasteiger partial charge on any atom is -0.309 e. The molecule has 0 radical (unpaired) electrons. The van der Waals surface area contributed by atoms with Crippen molar-refractivity contribution >= 4 is 12.9 Å². The Balaban J connectivity index is 2.34. The molecular formula is C19H18NO3P. The van der Waals surface area contributed by atoms with Gasteiger partial charge in [-0.3, -0.25) is 9.55 Å². The van der Waals surface area contributed by atoms with Crippen LogP contribution in [0.3, 0.4) is 0 Å². The fourth-order valence-corrected chi connectivity index (χ4v) is 4.14. The number of rotatable bonds is 5. The topological polar surface area (TPSA) is 48.4 Å². The van der Waals surface area contributed by atoms with E-state index in [0.29, 0.717) is 5.30 Å². The van der Waals surface area contributed by atoms with Crippen molar-refractivity contribution in [2.45, 2.75) is 0 Å². The lowest BCUT2D eigenvalue weighted by atomic mass is 10.0. The van der Waals surface area contributed by atoms with Crippen LogP contribution in [0.4, 0.5) is 0 Å². The van der Waals surface area contributed by atoms with Crippen LogP contribution in [0.1, 0.15) is 0 Å². The standard InChI is InChI=1S/C19H18NO3P/c1-22-24(21,23-2)19-17(15-9-5-3-6-10-15)13-20-14-18(19)16-11-7-4-8-12-16/h3-14H,1-2H3. The molecule has 0 bridgehead atoms. The van der Waals surface area contributed by atoms with Crippen LogP contribution in [-0.4, -0.2) is 19.2 Å². The summed E-state index contributed by atoms with van der Waals surface area (Å²) >= 11 is 0. The van der Waals surface area contributed by atoms with E-state index in [9.17, 15) is 4.57 Å². The summed E-state index contributed by atoms with van der Waals surface area (Å²) < 4.78 is 23.9. The molecule has 0 amide bonds. The molecule has 122 valence electrons. The molecule has 5 heteroatoms. The largest absolute Gasteiger partial charge is 0.362 e. The summed E-state index contributed by atoms with van der Waals surface area (Å²) in [7, 11) is -0.685. The van der Waals surface area contributed by atoms with E-state index in [1.165, 1.54) is 14.2 Å². The molecule has 1 heterocycles. The Bertz CT molecular complexity index is 801. The third-order valence-corrected chi connectivity index (χ3v) is 5.83. The van der Waals surface area contributed by atoms with Crippen LogP contribution < -0.4 is 5.30 Å². The molecule has 1 aromatic heterocycles. The molecule has 0 spiro atoms. The van der Waals surface area contributed by atoms with Crippen LogP contribution in [0.5, 0.6) is 0 Å². The summed E-state index contributed by atoms with van der Waals surface area (Å²) in [6.07, 6.45) is 3.39. The van der Waals surface area contributed by atoms with E-state index >= 15 is 0 Å². The maximum atomic E-state index is 13.3. The van der Waals surface area contributed by atoms with Gasteiger partial charge in [-0.25, -0.2) is 0 Å². The average Bonchev–Trinajstić information content (AvgIpc) is 2.68. The molecule has 0 aliphatic rings. The normalized spacial score (nSPS) is 11.4. The van der Waals surface area contributed by atoms with Gasteiger partial charge in [0.25, 0.3) is 0 Å². The molecule has 0 aliphatic carbocycles. The monoisotopic (exact) mass is 339 g/mol. The fraction of sp³-hybridized carbons (Fsp3) is 0.105. The van der Waals surface area contributed by atoms with E-state index in [-0.39, 0.29) is 0 Å². The van der Waals surface area contributed by atoms with Crippen molar-refractivity contribution in [1.29, 1.82) is 0 Å². The van der Waals surface area contributed by atoms with Gasteiger partial charge in [-0.2, -0.15) is 0 Å². The third-order valence-electron chi connectivity index (χ3n) is 3.84. The highest BCUT2D eigenvalue weighted by atomic mass is 31.2. The van der Waals surface area contributed by atoms with Gasteiger partial charge in [-0.1, -0.05) is 60.7 Å². The van der Waals surface area contributed by atoms with Gasteiger partial charge in [0.05, 0.1) is 5.30 Å². The molecule has 4 nitrogen and oxygen atoms in total. The number of benzene rings is 2. The average molecular weight is 339 g/mol. The number of pyridine rings is 1. The van der Waals surface area contributed by atoms with Crippen LogP contribution in [-0.2, 0) is 13.6 Å². The zero-order valence-corrected chi connectivity index (χ0v) is 14.4. The van der Waals surface area contributed by atoms with E-state index in [2.05, 4.69) is 4.98 Å². The summed E-state index contributed by atoms with van der Waals surface area (Å²) in [5.74, 6) is 0. The van der Waals surface area contributed by atoms with E-state index in [0.717, 1.165) is 22.3 Å². The molecule has 3 aromatic rings. The van der Waals surface area contributed by atoms with E-state index < -0.39 is 7.60 Å². The van der Waals surface area contributed by atoms with E-state index in [1.54, 1.807) is 12.4 Å². The van der Waals surface area contributed by atoms with Crippen molar-refractivity contribution in [3.05, 3.63) is 73.1 Å². The number of aromatic nitrogens is 1. The number of hydrogen-bond acceptors (Lipinski definition) is 4. The first kappa shape index (κ1) is 16.6. The second-order valence-electron chi connectivity index (χ2n) is 5.18. The van der Waals surface area contributed by atoms with E-state index in [1.807, 2.05) is 60.7 Å². The molecule has 24 heavy (non-hydrogen) atoms. The minimum atomic E-state index is -3.48. The third kappa shape index (κ3) is 3.04. The predicted octanol–water partition coefficient (Wildman–Crippen LogP) is 4.53. The lowest BCUT2D eigenvalue weighted by Gasteiger charge is -2.21. The molecule has 0 atom stereocenters. The van der Waals surface area contributed by atoms with Gasteiger partial charge < -0.3 is 9.05 Å². The number of nitrogens with zero attached hydrogens (tertiary/aromatic N) is 1. The van der Waals surface area contributed by atoms with Crippen molar-refractivity contribution in [3.8, 4) is 22.3 Å². The Morgan fingerprint density at radius 2 is 1.17 bits per heavy atom. The molecule has 0 fully saturated rings. The summed E-state index contributed by atoms with van der Waals surface area (Å²) in [5.41, 5.74) is 3.30. The molecule has 3 rings (SSSR count). The van der Waals surface area contributed by atoms with Crippen LogP contribution >= 0.6 is 7.60 Å². The Morgan fingerprint density at radius 3 is 1.54 bits per heavy atom. The second kappa shape index (κ2) is 7.10. The fourth-order valence-electron chi connectivity index (χ4n) is 2.66. The van der Waals surface area contributed by atoms with Crippen molar-refractivity contribution in [2.75, 3.05) is 14.2 Å². The molecule has 0 N–H and O–H groups in total. The van der Waals surface area contributed by atoms with Gasteiger partial charge in [0.2, 0.25) is 0 Å². The molecule has 0 saturated carbocycles. The second-order valence-corrected chi connectivity index (χ2v) is 7.35. The van der Waals surface area contributed by atoms with Gasteiger partial charge in [0, 0.05) is 37.7 Å². The lowest BCUT2D eigenvalue weighted by Crippen LogP contribution is -2.15. The summed E-state index contributed by atoms with van der Waals surface area (Å²) in [6.45, 7) is 0. The van der Waals surface area contributed by atoms with Gasteiger partial charge >= 0.3 is 7.60 Å². The van der Waals surface area contributed by atoms with Crippen LogP contribution in [0.25, 0.3) is 22.3 Å².